The van der Waals surface area contributed by atoms with E-state index in [0.717, 1.165) is 14.7 Å². The zero-order valence-corrected chi connectivity index (χ0v) is 15.0. The number of halogens is 2. The Labute approximate surface area is 135 Å². The minimum absolute atomic E-state index is 0.254. The highest BCUT2D eigenvalue weighted by Gasteiger charge is 2.16. The van der Waals surface area contributed by atoms with E-state index < -0.39 is 0 Å². The van der Waals surface area contributed by atoms with Gasteiger partial charge in [-0.15, -0.1) is 11.3 Å². The third kappa shape index (κ3) is 3.69. The molecule has 2 rings (SSSR count). The molecule has 1 nitrogen and oxygen atoms in total. The van der Waals surface area contributed by atoms with E-state index in [4.69, 9.17) is 0 Å². The van der Waals surface area contributed by atoms with Crippen LogP contribution in [0.15, 0.2) is 38.6 Å². The van der Waals surface area contributed by atoms with Crippen molar-refractivity contribution in [1.29, 1.82) is 0 Å². The smallest absolute Gasteiger partial charge is 0.0843 e. The molecule has 102 valence electrons. The molecule has 0 bridgehead atoms. The van der Waals surface area contributed by atoms with Gasteiger partial charge >= 0.3 is 0 Å². The molecule has 0 aliphatic carbocycles. The van der Waals surface area contributed by atoms with Gasteiger partial charge in [-0.2, -0.15) is 0 Å². The molecule has 0 saturated heterocycles. The molecule has 0 amide bonds. The molecule has 1 heterocycles. The van der Waals surface area contributed by atoms with Crippen LogP contribution in [0, 0.1) is 0 Å². The van der Waals surface area contributed by atoms with Crippen LogP contribution in [-0.2, 0) is 6.42 Å². The van der Waals surface area contributed by atoms with Crippen molar-refractivity contribution >= 4 is 43.2 Å². The van der Waals surface area contributed by atoms with E-state index in [9.17, 15) is 0 Å². The van der Waals surface area contributed by atoms with Crippen molar-refractivity contribution in [2.45, 2.75) is 25.8 Å². The van der Waals surface area contributed by atoms with Gasteiger partial charge in [0.05, 0.1) is 9.83 Å². The normalized spacial score (nSPS) is 12.6. The molecule has 1 atom stereocenters. The van der Waals surface area contributed by atoms with E-state index in [2.05, 4.69) is 74.4 Å². The van der Waals surface area contributed by atoms with Gasteiger partial charge in [0, 0.05) is 9.35 Å². The molecule has 1 aromatic heterocycles. The third-order valence-electron chi connectivity index (χ3n) is 3.06. The largest absolute Gasteiger partial charge is 0.309 e. The molecule has 0 spiro atoms. The number of hydrogen-bond donors (Lipinski definition) is 1. The van der Waals surface area contributed by atoms with Crippen molar-refractivity contribution in [2.75, 3.05) is 7.05 Å². The Hall–Kier alpha value is -0.160. The van der Waals surface area contributed by atoms with Crippen LogP contribution in [0.4, 0.5) is 0 Å². The second-order valence-electron chi connectivity index (χ2n) is 4.49. The minimum atomic E-state index is 0.254. The van der Waals surface area contributed by atoms with Crippen molar-refractivity contribution in [1.82, 2.24) is 5.32 Å². The number of nitrogens with one attached hydrogen (secondary N) is 1. The minimum Gasteiger partial charge on any atom is -0.309 e. The fourth-order valence-electron chi connectivity index (χ4n) is 2.20. The van der Waals surface area contributed by atoms with Crippen LogP contribution in [0.3, 0.4) is 0 Å². The topological polar surface area (TPSA) is 12.0 Å². The van der Waals surface area contributed by atoms with Crippen LogP contribution < -0.4 is 5.32 Å². The highest BCUT2D eigenvalue weighted by atomic mass is 79.9. The van der Waals surface area contributed by atoms with Crippen molar-refractivity contribution < 1.29 is 0 Å². The second kappa shape index (κ2) is 7.02. The van der Waals surface area contributed by atoms with Gasteiger partial charge in [0.15, 0.2) is 0 Å². The summed E-state index contributed by atoms with van der Waals surface area (Å²) in [6, 6.07) is 11.3. The predicted molar refractivity (Wildman–Crippen MR) is 91.1 cm³/mol. The summed E-state index contributed by atoms with van der Waals surface area (Å²) in [6.45, 7) is 2.22. The predicted octanol–water partition coefficient (Wildman–Crippen LogP) is 5.53. The summed E-state index contributed by atoms with van der Waals surface area (Å²) in [6.07, 6.45) is 2.33. The number of benzene rings is 1. The van der Waals surface area contributed by atoms with E-state index in [-0.39, 0.29) is 6.04 Å². The van der Waals surface area contributed by atoms with E-state index >= 15 is 0 Å². The molecular weight excluding hydrogens is 386 g/mol. The number of hydrogen-bond acceptors (Lipinski definition) is 2. The standard InChI is InChI=1S/C15H17Br2NS/c1-3-5-10-6-4-7-11(8-10)14(18-2)13-9-12(16)15(17)19-13/h4,6-9,14,18H,3,5H2,1-2H3. The van der Waals surface area contributed by atoms with Crippen LogP contribution in [0.5, 0.6) is 0 Å². The summed E-state index contributed by atoms with van der Waals surface area (Å²) in [4.78, 5) is 1.31. The first kappa shape index (κ1) is 15.2. The Bertz CT molecular complexity index is 531. The highest BCUT2D eigenvalue weighted by molar-refractivity contribution is 9.13. The Morgan fingerprint density at radius 2 is 2.05 bits per heavy atom. The number of thiophene rings is 1. The van der Waals surface area contributed by atoms with E-state index in [1.165, 1.54) is 22.4 Å². The molecule has 19 heavy (non-hydrogen) atoms. The molecule has 0 saturated carbocycles. The van der Waals surface area contributed by atoms with Gasteiger partial charge in [-0.3, -0.25) is 0 Å². The maximum atomic E-state index is 3.57. The lowest BCUT2D eigenvalue weighted by Crippen LogP contribution is -2.16. The van der Waals surface area contributed by atoms with Gasteiger partial charge in [-0.25, -0.2) is 0 Å². The molecule has 1 aromatic carbocycles. The van der Waals surface area contributed by atoms with Crippen molar-refractivity contribution in [3.05, 3.63) is 54.6 Å². The summed E-state index contributed by atoms with van der Waals surface area (Å²) in [5, 5.41) is 3.41. The monoisotopic (exact) mass is 401 g/mol. The lowest BCUT2D eigenvalue weighted by molar-refractivity contribution is 0.702. The van der Waals surface area contributed by atoms with Crippen molar-refractivity contribution in [2.24, 2.45) is 0 Å². The summed E-state index contributed by atoms with van der Waals surface area (Å²) in [5.74, 6) is 0. The molecule has 0 aliphatic rings. The lowest BCUT2D eigenvalue weighted by Gasteiger charge is -2.16. The van der Waals surface area contributed by atoms with Gasteiger partial charge in [-0.1, -0.05) is 37.6 Å². The summed E-state index contributed by atoms with van der Waals surface area (Å²) < 4.78 is 2.27. The number of rotatable bonds is 5. The van der Waals surface area contributed by atoms with E-state index in [1.54, 1.807) is 11.3 Å². The first-order valence-corrected chi connectivity index (χ1v) is 8.76. The lowest BCUT2D eigenvalue weighted by atomic mass is 10.0. The van der Waals surface area contributed by atoms with Crippen LogP contribution in [-0.4, -0.2) is 7.05 Å². The Kier molecular flexibility index (Phi) is 5.63. The SMILES string of the molecule is CCCc1cccc(C(NC)c2cc(Br)c(Br)s2)c1. The maximum Gasteiger partial charge on any atom is 0.0843 e. The van der Waals surface area contributed by atoms with E-state index in [1.807, 2.05) is 7.05 Å². The molecule has 2 aromatic rings. The van der Waals surface area contributed by atoms with Crippen LogP contribution >= 0.6 is 43.2 Å². The average Bonchev–Trinajstić information content (AvgIpc) is 2.71. The maximum absolute atomic E-state index is 3.57. The Morgan fingerprint density at radius 1 is 1.26 bits per heavy atom. The fourth-order valence-corrected chi connectivity index (χ4v) is 4.42. The first-order chi connectivity index (χ1) is 9.15. The van der Waals surface area contributed by atoms with E-state index in [0.29, 0.717) is 0 Å². The quantitative estimate of drug-likeness (QED) is 0.692. The average molecular weight is 403 g/mol. The highest BCUT2D eigenvalue weighted by Crippen LogP contribution is 2.37. The molecule has 1 N–H and O–H groups in total. The van der Waals surface area contributed by atoms with Gasteiger partial charge in [0.1, 0.15) is 0 Å². The van der Waals surface area contributed by atoms with Crippen LogP contribution in [0.2, 0.25) is 0 Å². The fraction of sp³-hybridized carbons (Fsp3) is 0.333. The third-order valence-corrected chi connectivity index (χ3v) is 6.38. The molecular formula is C15H17Br2NS. The zero-order valence-electron chi connectivity index (χ0n) is 11.0. The second-order valence-corrected chi connectivity index (χ2v) is 7.74. The molecule has 4 heteroatoms. The van der Waals surface area contributed by atoms with Crippen LogP contribution in [0.1, 0.15) is 35.4 Å². The molecule has 0 radical (unpaired) electrons. The Balaban J connectivity index is 2.33. The molecule has 0 aliphatic heterocycles. The van der Waals surface area contributed by atoms with Gasteiger partial charge in [0.25, 0.3) is 0 Å². The molecule has 1 unspecified atom stereocenters. The van der Waals surface area contributed by atoms with Gasteiger partial charge in [-0.05, 0) is 62.5 Å². The zero-order chi connectivity index (χ0) is 13.8. The number of aryl methyl sites for hydroxylation is 1. The van der Waals surface area contributed by atoms with Crippen LogP contribution in [0.25, 0.3) is 0 Å². The van der Waals surface area contributed by atoms with Gasteiger partial charge < -0.3 is 5.32 Å². The van der Waals surface area contributed by atoms with Gasteiger partial charge in [0.2, 0.25) is 0 Å². The van der Waals surface area contributed by atoms with Crippen molar-refractivity contribution in [3.8, 4) is 0 Å². The molecule has 0 fully saturated rings. The summed E-state index contributed by atoms with van der Waals surface area (Å²) in [7, 11) is 2.01. The Morgan fingerprint density at radius 3 is 2.63 bits per heavy atom. The summed E-state index contributed by atoms with van der Waals surface area (Å²) >= 11 is 8.90. The van der Waals surface area contributed by atoms with Crippen molar-refractivity contribution in [3.63, 3.8) is 0 Å². The summed E-state index contributed by atoms with van der Waals surface area (Å²) in [5.41, 5.74) is 2.74. The first-order valence-electron chi connectivity index (χ1n) is 6.36.